The van der Waals surface area contributed by atoms with Crippen molar-refractivity contribution < 1.29 is 18.7 Å². The second-order valence-corrected chi connectivity index (χ2v) is 8.89. The monoisotopic (exact) mass is 440 g/mol. The zero-order valence-corrected chi connectivity index (χ0v) is 18.8. The van der Waals surface area contributed by atoms with Crippen LogP contribution in [0.1, 0.15) is 60.2 Å². The number of likely N-dealkylation sites (tertiary alicyclic amines) is 1. The van der Waals surface area contributed by atoms with Crippen molar-refractivity contribution in [3.05, 3.63) is 58.9 Å². The van der Waals surface area contributed by atoms with Crippen molar-refractivity contribution in [2.24, 2.45) is 0 Å². The second-order valence-electron chi connectivity index (χ2n) is 8.89. The maximum Gasteiger partial charge on any atom is 0.257 e. The van der Waals surface area contributed by atoms with Gasteiger partial charge in [-0.2, -0.15) is 0 Å². The Balaban J connectivity index is 1.57. The van der Waals surface area contributed by atoms with E-state index in [9.17, 15) is 14.0 Å². The molecule has 2 amide bonds. The molecule has 0 N–H and O–H groups in total. The first-order valence-electron chi connectivity index (χ1n) is 11.1. The van der Waals surface area contributed by atoms with Gasteiger partial charge in [0.2, 0.25) is 5.91 Å². The molecule has 2 fully saturated rings. The lowest BCUT2D eigenvalue weighted by Crippen LogP contribution is -2.44. The summed E-state index contributed by atoms with van der Waals surface area (Å²) in [5.41, 5.74) is 0.423. The lowest BCUT2D eigenvalue weighted by molar-refractivity contribution is -0.137. The fraction of sp³-hybridized carbons (Fsp3) is 0.500. The smallest absolute Gasteiger partial charge is 0.257 e. The van der Waals surface area contributed by atoms with Crippen molar-refractivity contribution in [1.82, 2.24) is 19.8 Å². The Hall–Kier alpha value is -2.87. The van der Waals surface area contributed by atoms with E-state index in [0.29, 0.717) is 55.5 Å². The highest BCUT2D eigenvalue weighted by molar-refractivity contribution is 5.95. The molecule has 2 aliphatic rings. The molecule has 0 spiro atoms. The average Bonchev–Trinajstić information content (AvgIpc) is 3.28. The normalized spacial score (nSPS) is 19.3. The number of nitrogens with zero attached hydrogens (tertiary/aromatic N) is 4. The summed E-state index contributed by atoms with van der Waals surface area (Å²) in [4.78, 5) is 38.9. The number of aryl methyl sites for hydroxylation is 1. The summed E-state index contributed by atoms with van der Waals surface area (Å²) in [6, 6.07) is 6.10. The Morgan fingerprint density at radius 2 is 1.88 bits per heavy atom. The molecule has 1 unspecified atom stereocenters. The fourth-order valence-corrected chi connectivity index (χ4v) is 4.51. The van der Waals surface area contributed by atoms with Crippen LogP contribution in [0.15, 0.2) is 30.5 Å². The summed E-state index contributed by atoms with van der Waals surface area (Å²) < 4.78 is 19.8. The predicted octanol–water partition coefficient (Wildman–Crippen LogP) is 3.04. The van der Waals surface area contributed by atoms with Gasteiger partial charge in [0.15, 0.2) is 5.82 Å². The number of ether oxygens (including phenoxy) is 1. The van der Waals surface area contributed by atoms with Gasteiger partial charge in [-0.3, -0.25) is 9.59 Å². The zero-order chi connectivity index (χ0) is 22.9. The molecule has 2 aromatic rings. The number of carbonyl (C=O) groups is 2. The number of hydrogen-bond donors (Lipinski definition) is 0. The quantitative estimate of drug-likeness (QED) is 0.731. The number of hydrogen-bond acceptors (Lipinski definition) is 5. The first-order valence-corrected chi connectivity index (χ1v) is 11.1. The first kappa shape index (κ1) is 22.3. The van der Waals surface area contributed by atoms with Gasteiger partial charge in [0.25, 0.3) is 5.91 Å². The number of amides is 2. The molecule has 0 aliphatic carbocycles. The molecule has 1 aromatic heterocycles. The van der Waals surface area contributed by atoms with Crippen molar-refractivity contribution in [3.63, 3.8) is 0 Å². The summed E-state index contributed by atoms with van der Waals surface area (Å²) in [6.45, 7) is 8.02. The van der Waals surface area contributed by atoms with E-state index >= 15 is 0 Å². The number of aromatic nitrogens is 2. The highest BCUT2D eigenvalue weighted by Crippen LogP contribution is 2.36. The van der Waals surface area contributed by atoms with Gasteiger partial charge in [-0.25, -0.2) is 14.4 Å². The fourth-order valence-electron chi connectivity index (χ4n) is 4.51. The molecule has 4 rings (SSSR count). The topological polar surface area (TPSA) is 75.6 Å². The van der Waals surface area contributed by atoms with Crippen molar-refractivity contribution in [3.8, 4) is 0 Å². The molecule has 1 atom stereocenters. The SMILES string of the molecule is Cc1nc(C2CCCN2C(=O)C(C)(C)c2ccccc2F)ncc1C(=O)N1CCOCC1. The van der Waals surface area contributed by atoms with Crippen molar-refractivity contribution >= 4 is 11.8 Å². The lowest BCUT2D eigenvalue weighted by atomic mass is 9.82. The molecule has 0 bridgehead atoms. The molecule has 1 aromatic carbocycles. The Kier molecular flexibility index (Phi) is 6.24. The Morgan fingerprint density at radius 1 is 1.16 bits per heavy atom. The standard InChI is InChI=1S/C24H29FN4O3/c1-16-17(22(30)28-11-13-32-14-12-28)15-26-21(27-16)20-9-6-10-29(20)23(31)24(2,3)18-7-4-5-8-19(18)25/h4-5,7-8,15,20H,6,9-14H2,1-3H3. The van der Waals surface area contributed by atoms with Crippen LogP contribution in [-0.2, 0) is 14.9 Å². The molecule has 8 heteroatoms. The third-order valence-electron chi connectivity index (χ3n) is 6.42. The Labute approximate surface area is 187 Å². The molecule has 32 heavy (non-hydrogen) atoms. The minimum atomic E-state index is -1.02. The van der Waals surface area contributed by atoms with E-state index in [1.54, 1.807) is 55.0 Å². The van der Waals surface area contributed by atoms with E-state index in [0.717, 1.165) is 12.8 Å². The van der Waals surface area contributed by atoms with Crippen LogP contribution in [0.4, 0.5) is 4.39 Å². The highest BCUT2D eigenvalue weighted by atomic mass is 19.1. The molecule has 2 aliphatic heterocycles. The molecule has 170 valence electrons. The Morgan fingerprint density at radius 3 is 2.56 bits per heavy atom. The third-order valence-corrected chi connectivity index (χ3v) is 6.42. The minimum Gasteiger partial charge on any atom is -0.378 e. The van der Waals surface area contributed by atoms with Gasteiger partial charge in [0.1, 0.15) is 5.82 Å². The number of benzene rings is 1. The van der Waals surface area contributed by atoms with Gasteiger partial charge < -0.3 is 14.5 Å². The minimum absolute atomic E-state index is 0.0996. The van der Waals surface area contributed by atoms with Crippen LogP contribution in [0.25, 0.3) is 0 Å². The molecular formula is C24H29FN4O3. The van der Waals surface area contributed by atoms with Gasteiger partial charge in [-0.05, 0) is 39.7 Å². The van der Waals surface area contributed by atoms with Crippen LogP contribution in [-0.4, -0.2) is 64.4 Å². The van der Waals surface area contributed by atoms with E-state index < -0.39 is 5.41 Å². The van der Waals surface area contributed by atoms with Crippen molar-refractivity contribution in [1.29, 1.82) is 0 Å². The van der Waals surface area contributed by atoms with Gasteiger partial charge >= 0.3 is 0 Å². The Bertz CT molecular complexity index is 1020. The van der Waals surface area contributed by atoms with E-state index in [2.05, 4.69) is 9.97 Å². The van der Waals surface area contributed by atoms with Crippen LogP contribution in [0.2, 0.25) is 0 Å². The third kappa shape index (κ3) is 4.11. The summed E-state index contributed by atoms with van der Waals surface area (Å²) in [6.07, 6.45) is 3.12. The van der Waals surface area contributed by atoms with Crippen LogP contribution < -0.4 is 0 Å². The van der Waals surface area contributed by atoms with Crippen LogP contribution in [0, 0.1) is 12.7 Å². The first-order chi connectivity index (χ1) is 15.3. The zero-order valence-electron chi connectivity index (χ0n) is 18.8. The molecule has 0 radical (unpaired) electrons. The van der Waals surface area contributed by atoms with E-state index in [1.165, 1.54) is 6.07 Å². The number of halogens is 1. The molecular weight excluding hydrogens is 411 g/mol. The molecule has 3 heterocycles. The maximum atomic E-state index is 14.4. The van der Waals surface area contributed by atoms with Crippen molar-refractivity contribution in [2.45, 2.75) is 45.1 Å². The number of morpholine rings is 1. The van der Waals surface area contributed by atoms with Crippen LogP contribution in [0.5, 0.6) is 0 Å². The summed E-state index contributed by atoms with van der Waals surface area (Å²) in [5.74, 6) is -0.118. The molecule has 0 saturated carbocycles. The van der Waals surface area contributed by atoms with Crippen LogP contribution in [0.3, 0.4) is 0 Å². The van der Waals surface area contributed by atoms with Gasteiger partial charge in [0.05, 0.1) is 35.9 Å². The second kappa shape index (κ2) is 8.94. The summed E-state index contributed by atoms with van der Waals surface area (Å²) >= 11 is 0. The number of rotatable bonds is 4. The molecule has 7 nitrogen and oxygen atoms in total. The van der Waals surface area contributed by atoms with Gasteiger partial charge in [0, 0.05) is 31.4 Å². The average molecular weight is 441 g/mol. The number of carbonyl (C=O) groups excluding carboxylic acids is 2. The van der Waals surface area contributed by atoms with Crippen LogP contribution >= 0.6 is 0 Å². The predicted molar refractivity (Wildman–Crippen MR) is 117 cm³/mol. The summed E-state index contributed by atoms with van der Waals surface area (Å²) in [5, 5.41) is 0. The van der Waals surface area contributed by atoms with E-state index in [-0.39, 0.29) is 23.7 Å². The maximum absolute atomic E-state index is 14.4. The lowest BCUT2D eigenvalue weighted by Gasteiger charge is -2.33. The summed E-state index contributed by atoms with van der Waals surface area (Å²) in [7, 11) is 0. The van der Waals surface area contributed by atoms with E-state index in [4.69, 9.17) is 4.74 Å². The molecule has 2 saturated heterocycles. The van der Waals surface area contributed by atoms with E-state index in [1.807, 2.05) is 0 Å². The highest BCUT2D eigenvalue weighted by Gasteiger charge is 2.41. The van der Waals surface area contributed by atoms with Gasteiger partial charge in [-0.15, -0.1) is 0 Å². The van der Waals surface area contributed by atoms with Gasteiger partial charge in [-0.1, -0.05) is 18.2 Å². The van der Waals surface area contributed by atoms with Crippen molar-refractivity contribution in [2.75, 3.05) is 32.8 Å². The largest absolute Gasteiger partial charge is 0.378 e.